The van der Waals surface area contributed by atoms with Crippen molar-refractivity contribution < 1.29 is 19.1 Å². The number of carbonyl (C=O) groups excluding carboxylic acids is 1. The minimum Gasteiger partial charge on any atom is -0.480 e. The van der Waals surface area contributed by atoms with E-state index in [1.54, 1.807) is 6.07 Å². The summed E-state index contributed by atoms with van der Waals surface area (Å²) in [6.07, 6.45) is 1.67. The van der Waals surface area contributed by atoms with E-state index in [4.69, 9.17) is 5.11 Å². The Morgan fingerprint density at radius 3 is 2.90 bits per heavy atom. The molecule has 1 aromatic carbocycles. The Kier molecular flexibility index (Phi) is 4.22. The molecule has 20 heavy (non-hydrogen) atoms. The number of benzene rings is 1. The molecule has 0 bridgehead atoms. The fourth-order valence-electron chi connectivity index (χ4n) is 2.34. The number of hydrogen-bond donors (Lipinski definition) is 2. The second-order valence-electron chi connectivity index (χ2n) is 4.80. The molecule has 0 aliphatic carbocycles. The van der Waals surface area contributed by atoms with Crippen LogP contribution in [0.15, 0.2) is 18.2 Å². The van der Waals surface area contributed by atoms with Crippen molar-refractivity contribution in [3.63, 3.8) is 0 Å². The Balaban J connectivity index is 2.12. The van der Waals surface area contributed by atoms with Crippen molar-refractivity contribution in [3.05, 3.63) is 29.6 Å². The maximum absolute atomic E-state index is 13.3. The minimum atomic E-state index is -1.06. The summed E-state index contributed by atoms with van der Waals surface area (Å²) in [6.45, 7) is 2.28. The summed E-state index contributed by atoms with van der Waals surface area (Å²) >= 11 is 0. The fourth-order valence-corrected chi connectivity index (χ4v) is 2.34. The van der Waals surface area contributed by atoms with E-state index in [0.29, 0.717) is 31.5 Å². The molecule has 0 spiro atoms. The van der Waals surface area contributed by atoms with Gasteiger partial charge in [0.05, 0.1) is 5.69 Å². The summed E-state index contributed by atoms with van der Waals surface area (Å²) in [4.78, 5) is 24.6. The van der Waals surface area contributed by atoms with Crippen LogP contribution < -0.4 is 10.2 Å². The second-order valence-corrected chi connectivity index (χ2v) is 4.80. The van der Waals surface area contributed by atoms with Crippen LogP contribution in [-0.4, -0.2) is 29.7 Å². The van der Waals surface area contributed by atoms with E-state index in [-0.39, 0.29) is 0 Å². The first-order valence-electron chi connectivity index (χ1n) is 6.62. The number of anilines is 1. The number of carboxylic acids is 1. The van der Waals surface area contributed by atoms with Crippen LogP contribution in [0.5, 0.6) is 0 Å². The van der Waals surface area contributed by atoms with Crippen molar-refractivity contribution in [2.75, 3.05) is 11.4 Å². The lowest BCUT2D eigenvalue weighted by Crippen LogP contribution is -2.47. The highest BCUT2D eigenvalue weighted by Crippen LogP contribution is 2.28. The lowest BCUT2D eigenvalue weighted by molar-refractivity contribution is -0.139. The van der Waals surface area contributed by atoms with Crippen LogP contribution in [-0.2, 0) is 11.2 Å². The van der Waals surface area contributed by atoms with Gasteiger partial charge >= 0.3 is 12.0 Å². The molecule has 1 heterocycles. The van der Waals surface area contributed by atoms with Crippen LogP contribution in [0.3, 0.4) is 0 Å². The van der Waals surface area contributed by atoms with Gasteiger partial charge in [-0.3, -0.25) is 4.90 Å². The molecule has 108 valence electrons. The Bertz CT molecular complexity index is 533. The first-order valence-corrected chi connectivity index (χ1v) is 6.62. The van der Waals surface area contributed by atoms with Crippen LogP contribution in [0.4, 0.5) is 14.9 Å². The van der Waals surface area contributed by atoms with E-state index >= 15 is 0 Å². The third-order valence-electron chi connectivity index (χ3n) is 3.36. The number of nitrogens with one attached hydrogen (secondary N) is 1. The van der Waals surface area contributed by atoms with Crippen LogP contribution in [0, 0.1) is 5.82 Å². The van der Waals surface area contributed by atoms with Crippen LogP contribution >= 0.6 is 0 Å². The summed E-state index contributed by atoms with van der Waals surface area (Å²) in [5, 5.41) is 11.5. The zero-order valence-corrected chi connectivity index (χ0v) is 11.2. The number of carbonyl (C=O) groups is 2. The van der Waals surface area contributed by atoms with Crippen molar-refractivity contribution in [3.8, 4) is 0 Å². The van der Waals surface area contributed by atoms with Crippen LogP contribution in [0.2, 0.25) is 0 Å². The molecule has 2 N–H and O–H groups in total. The van der Waals surface area contributed by atoms with Crippen LogP contribution in [0.25, 0.3) is 0 Å². The summed E-state index contributed by atoms with van der Waals surface area (Å²) in [5.74, 6) is -1.47. The molecule has 0 aromatic heterocycles. The van der Waals surface area contributed by atoms with Gasteiger partial charge in [-0.15, -0.1) is 0 Å². The smallest absolute Gasteiger partial charge is 0.326 e. The van der Waals surface area contributed by atoms with Gasteiger partial charge in [0.15, 0.2) is 0 Å². The van der Waals surface area contributed by atoms with E-state index in [1.807, 2.05) is 6.92 Å². The lowest BCUT2D eigenvalue weighted by atomic mass is 10.1. The Morgan fingerprint density at radius 1 is 1.50 bits per heavy atom. The molecule has 2 amide bonds. The number of nitrogens with zero attached hydrogens (tertiary/aromatic N) is 1. The molecule has 5 nitrogen and oxygen atoms in total. The first kappa shape index (κ1) is 14.3. The van der Waals surface area contributed by atoms with Gasteiger partial charge in [0.1, 0.15) is 11.9 Å². The minimum absolute atomic E-state index is 0.366. The summed E-state index contributed by atoms with van der Waals surface area (Å²) in [6, 6.07) is 2.91. The Hall–Kier alpha value is -2.11. The predicted octanol–water partition coefficient (Wildman–Crippen LogP) is 2.15. The molecular weight excluding hydrogens is 263 g/mol. The number of rotatable bonds is 4. The summed E-state index contributed by atoms with van der Waals surface area (Å²) < 4.78 is 13.3. The highest BCUT2D eigenvalue weighted by Gasteiger charge is 2.28. The van der Waals surface area contributed by atoms with Gasteiger partial charge in [-0.2, -0.15) is 0 Å². The van der Waals surface area contributed by atoms with E-state index in [9.17, 15) is 14.0 Å². The summed E-state index contributed by atoms with van der Waals surface area (Å²) in [5.41, 5.74) is 1.41. The lowest BCUT2D eigenvalue weighted by Gasteiger charge is -2.21. The SMILES string of the molecule is CCC[C@H](NC(=O)N1CCc2ccc(F)cc21)C(=O)O. The molecular formula is C14H17FN2O3. The number of amides is 2. The molecule has 0 saturated carbocycles. The normalized spacial score (nSPS) is 14.8. The molecule has 0 unspecified atom stereocenters. The second kappa shape index (κ2) is 5.90. The van der Waals surface area contributed by atoms with Crippen molar-refractivity contribution in [2.45, 2.75) is 32.2 Å². The topological polar surface area (TPSA) is 69.6 Å². The molecule has 2 rings (SSSR count). The number of hydrogen-bond acceptors (Lipinski definition) is 2. The Morgan fingerprint density at radius 2 is 2.25 bits per heavy atom. The molecule has 1 atom stereocenters. The van der Waals surface area contributed by atoms with Gasteiger partial charge < -0.3 is 10.4 Å². The van der Waals surface area contributed by atoms with E-state index in [0.717, 1.165) is 5.56 Å². The van der Waals surface area contributed by atoms with Gasteiger partial charge in [0, 0.05) is 6.54 Å². The van der Waals surface area contributed by atoms with Crippen molar-refractivity contribution in [1.82, 2.24) is 5.32 Å². The maximum atomic E-state index is 13.3. The molecule has 0 fully saturated rings. The zero-order chi connectivity index (χ0) is 14.7. The van der Waals surface area contributed by atoms with Gasteiger partial charge in [-0.25, -0.2) is 14.0 Å². The van der Waals surface area contributed by atoms with E-state index in [1.165, 1.54) is 17.0 Å². The van der Waals surface area contributed by atoms with E-state index in [2.05, 4.69) is 5.32 Å². The van der Waals surface area contributed by atoms with Gasteiger partial charge in [-0.05, 0) is 30.5 Å². The molecule has 0 radical (unpaired) electrons. The Labute approximate surface area is 116 Å². The number of urea groups is 1. The summed E-state index contributed by atoms with van der Waals surface area (Å²) in [7, 11) is 0. The van der Waals surface area contributed by atoms with E-state index < -0.39 is 23.9 Å². The quantitative estimate of drug-likeness (QED) is 0.888. The molecule has 1 aliphatic rings. The third-order valence-corrected chi connectivity index (χ3v) is 3.36. The van der Waals surface area contributed by atoms with Gasteiger partial charge in [0.2, 0.25) is 0 Å². The van der Waals surface area contributed by atoms with Crippen molar-refractivity contribution >= 4 is 17.7 Å². The monoisotopic (exact) mass is 280 g/mol. The average Bonchev–Trinajstić information content (AvgIpc) is 2.80. The van der Waals surface area contributed by atoms with Gasteiger partial charge in [-0.1, -0.05) is 19.4 Å². The number of halogens is 1. The zero-order valence-electron chi connectivity index (χ0n) is 11.2. The third kappa shape index (κ3) is 2.89. The van der Waals surface area contributed by atoms with Gasteiger partial charge in [0.25, 0.3) is 0 Å². The highest BCUT2D eigenvalue weighted by atomic mass is 19.1. The average molecular weight is 280 g/mol. The van der Waals surface area contributed by atoms with Crippen LogP contribution in [0.1, 0.15) is 25.3 Å². The molecule has 0 saturated heterocycles. The van der Waals surface area contributed by atoms with Crippen molar-refractivity contribution in [2.24, 2.45) is 0 Å². The standard InChI is InChI=1S/C14H17FN2O3/c1-2-3-11(13(18)19)16-14(20)17-7-6-9-4-5-10(15)8-12(9)17/h4-5,8,11H,2-3,6-7H2,1H3,(H,16,20)(H,18,19)/t11-/m0/s1. The largest absolute Gasteiger partial charge is 0.480 e. The predicted molar refractivity (Wildman–Crippen MR) is 72.3 cm³/mol. The fraction of sp³-hybridized carbons (Fsp3) is 0.429. The number of fused-ring (bicyclic) bond motifs is 1. The highest BCUT2D eigenvalue weighted by molar-refractivity contribution is 5.96. The molecule has 6 heteroatoms. The number of carboxylic acid groups (broad SMARTS) is 1. The first-order chi connectivity index (χ1) is 9.52. The molecule has 1 aromatic rings. The van der Waals surface area contributed by atoms with Crippen molar-refractivity contribution in [1.29, 1.82) is 0 Å². The number of aliphatic carboxylic acids is 1. The maximum Gasteiger partial charge on any atom is 0.326 e. The molecule has 1 aliphatic heterocycles.